The Morgan fingerprint density at radius 2 is 1.91 bits per heavy atom. The molecule has 0 bridgehead atoms. The van der Waals surface area contributed by atoms with Gasteiger partial charge in [0, 0.05) is 5.69 Å². The highest BCUT2D eigenvalue weighted by Crippen LogP contribution is 2.08. The molecule has 0 aliphatic heterocycles. The highest BCUT2D eigenvalue weighted by molar-refractivity contribution is 5.54. The van der Waals surface area contributed by atoms with E-state index < -0.39 is 0 Å². The van der Waals surface area contributed by atoms with E-state index in [9.17, 15) is 0 Å². The monoisotopic (exact) mass is 148 g/mol. The number of nitrogen functional groups attached to an aromatic ring is 1. The lowest BCUT2D eigenvalue weighted by Gasteiger charge is -1.98. The van der Waals surface area contributed by atoms with Crippen molar-refractivity contribution in [3.05, 3.63) is 35.9 Å². The Morgan fingerprint density at radius 1 is 1.27 bits per heavy atom. The van der Waals surface area contributed by atoms with Crippen LogP contribution >= 0.6 is 0 Å². The highest BCUT2D eigenvalue weighted by atomic mass is 15.2. The molecule has 3 N–H and O–H groups in total. The van der Waals surface area contributed by atoms with Crippen LogP contribution < -0.4 is 11.3 Å². The molecule has 0 radical (unpaired) electrons. The Labute approximate surface area is 66.7 Å². The molecule has 0 saturated carbocycles. The average Bonchev–Trinajstić information content (AvgIpc) is 2.07. The van der Waals surface area contributed by atoms with Crippen LogP contribution in [0.25, 0.3) is 6.08 Å². The fourth-order valence-corrected chi connectivity index (χ4v) is 0.883. The Hall–Kier alpha value is -1.28. The Balaban J connectivity index is 2.82. The molecule has 0 aliphatic rings. The molecule has 0 unspecified atom stereocenters. The number of nitrogens with two attached hydrogens (primary N) is 1. The molecule has 0 heterocycles. The third kappa shape index (κ3) is 2.09. The quantitative estimate of drug-likeness (QED) is 0.497. The molecule has 0 amide bonds. The molecule has 58 valence electrons. The predicted octanol–water partition coefficient (Wildman–Crippen LogP) is 2.01. The highest BCUT2D eigenvalue weighted by Gasteiger charge is 1.86. The molecule has 2 nitrogen and oxygen atoms in total. The standard InChI is InChI=1S/C9H12N2/c1-2-3-8-4-6-9(11-10)7-5-8/h2-7,11H,10H2,1H3. The summed E-state index contributed by atoms with van der Waals surface area (Å²) >= 11 is 0. The number of hydrogen-bond donors (Lipinski definition) is 2. The van der Waals surface area contributed by atoms with Gasteiger partial charge in [-0.3, -0.25) is 5.84 Å². The summed E-state index contributed by atoms with van der Waals surface area (Å²) in [5.41, 5.74) is 4.69. The van der Waals surface area contributed by atoms with Crippen LogP contribution in [0, 0.1) is 0 Å². The maximum absolute atomic E-state index is 5.21. The number of hydrogen-bond acceptors (Lipinski definition) is 2. The third-order valence-corrected chi connectivity index (χ3v) is 1.44. The second kappa shape index (κ2) is 3.78. The van der Waals surface area contributed by atoms with E-state index in [4.69, 9.17) is 5.84 Å². The lowest BCUT2D eigenvalue weighted by molar-refractivity contribution is 1.35. The van der Waals surface area contributed by atoms with Crippen LogP contribution in [0.4, 0.5) is 5.69 Å². The zero-order chi connectivity index (χ0) is 8.10. The fraction of sp³-hybridized carbons (Fsp3) is 0.111. The largest absolute Gasteiger partial charge is 0.324 e. The molecule has 0 spiro atoms. The van der Waals surface area contributed by atoms with Crippen LogP contribution in [0.1, 0.15) is 12.5 Å². The van der Waals surface area contributed by atoms with E-state index in [-0.39, 0.29) is 0 Å². The van der Waals surface area contributed by atoms with Crippen molar-refractivity contribution >= 4 is 11.8 Å². The van der Waals surface area contributed by atoms with E-state index in [2.05, 4.69) is 5.43 Å². The lowest BCUT2D eigenvalue weighted by atomic mass is 10.2. The molecule has 0 aromatic heterocycles. The normalized spacial score (nSPS) is 10.4. The molecular weight excluding hydrogens is 136 g/mol. The Morgan fingerprint density at radius 3 is 2.36 bits per heavy atom. The molecule has 0 fully saturated rings. The first-order chi connectivity index (χ1) is 5.36. The Bertz CT molecular complexity index is 236. The first-order valence-electron chi connectivity index (χ1n) is 3.56. The number of hydrazine groups is 1. The number of nitrogens with one attached hydrogen (secondary N) is 1. The molecule has 0 saturated heterocycles. The zero-order valence-corrected chi connectivity index (χ0v) is 6.54. The van der Waals surface area contributed by atoms with E-state index in [0.717, 1.165) is 5.69 Å². The topological polar surface area (TPSA) is 38.0 Å². The number of rotatable bonds is 2. The second-order valence-electron chi connectivity index (χ2n) is 2.27. The van der Waals surface area contributed by atoms with Gasteiger partial charge in [0.05, 0.1) is 0 Å². The molecule has 1 aromatic rings. The van der Waals surface area contributed by atoms with Crippen molar-refractivity contribution in [1.82, 2.24) is 0 Å². The molecule has 1 aromatic carbocycles. The van der Waals surface area contributed by atoms with E-state index in [1.165, 1.54) is 5.56 Å². The minimum atomic E-state index is 0.929. The van der Waals surface area contributed by atoms with E-state index in [1.54, 1.807) is 0 Å². The van der Waals surface area contributed by atoms with Gasteiger partial charge in [-0.05, 0) is 24.6 Å². The van der Waals surface area contributed by atoms with Crippen LogP contribution in [0.15, 0.2) is 30.3 Å². The molecule has 2 heteroatoms. The first kappa shape index (κ1) is 7.82. The van der Waals surface area contributed by atoms with Gasteiger partial charge in [-0.15, -0.1) is 0 Å². The van der Waals surface area contributed by atoms with Gasteiger partial charge in [-0.2, -0.15) is 0 Å². The average molecular weight is 148 g/mol. The van der Waals surface area contributed by atoms with Crippen LogP contribution in [-0.4, -0.2) is 0 Å². The maximum atomic E-state index is 5.21. The minimum Gasteiger partial charge on any atom is -0.324 e. The van der Waals surface area contributed by atoms with Gasteiger partial charge in [0.1, 0.15) is 0 Å². The van der Waals surface area contributed by atoms with Gasteiger partial charge in [0.25, 0.3) is 0 Å². The molecular formula is C9H12N2. The van der Waals surface area contributed by atoms with E-state index in [1.807, 2.05) is 43.3 Å². The van der Waals surface area contributed by atoms with E-state index >= 15 is 0 Å². The number of allylic oxidation sites excluding steroid dienone is 1. The van der Waals surface area contributed by atoms with Gasteiger partial charge in [-0.25, -0.2) is 0 Å². The van der Waals surface area contributed by atoms with Crippen LogP contribution in [0.2, 0.25) is 0 Å². The van der Waals surface area contributed by atoms with Crippen molar-refractivity contribution in [3.63, 3.8) is 0 Å². The first-order valence-corrected chi connectivity index (χ1v) is 3.56. The lowest BCUT2D eigenvalue weighted by Crippen LogP contribution is -2.05. The van der Waals surface area contributed by atoms with Gasteiger partial charge < -0.3 is 5.43 Å². The zero-order valence-electron chi connectivity index (χ0n) is 6.54. The number of benzene rings is 1. The van der Waals surface area contributed by atoms with Crippen molar-refractivity contribution in [2.45, 2.75) is 6.92 Å². The minimum absolute atomic E-state index is 0.929. The third-order valence-electron chi connectivity index (χ3n) is 1.44. The number of anilines is 1. The summed E-state index contributed by atoms with van der Waals surface area (Å²) in [7, 11) is 0. The van der Waals surface area contributed by atoms with Crippen LogP contribution in [0.3, 0.4) is 0 Å². The van der Waals surface area contributed by atoms with Crippen molar-refractivity contribution in [3.8, 4) is 0 Å². The summed E-state index contributed by atoms with van der Waals surface area (Å²) in [6.45, 7) is 2.00. The smallest absolute Gasteiger partial charge is 0.0485 e. The van der Waals surface area contributed by atoms with Crippen molar-refractivity contribution in [2.75, 3.05) is 5.43 Å². The van der Waals surface area contributed by atoms with Crippen LogP contribution in [0.5, 0.6) is 0 Å². The summed E-state index contributed by atoms with van der Waals surface area (Å²) < 4.78 is 0. The molecule has 1 rings (SSSR count). The molecule has 11 heavy (non-hydrogen) atoms. The predicted molar refractivity (Wildman–Crippen MR) is 49.0 cm³/mol. The van der Waals surface area contributed by atoms with Gasteiger partial charge in [-0.1, -0.05) is 24.3 Å². The van der Waals surface area contributed by atoms with Crippen molar-refractivity contribution < 1.29 is 0 Å². The molecule has 0 atom stereocenters. The fourth-order valence-electron chi connectivity index (χ4n) is 0.883. The van der Waals surface area contributed by atoms with Gasteiger partial charge in [0.2, 0.25) is 0 Å². The summed E-state index contributed by atoms with van der Waals surface area (Å²) in [5.74, 6) is 5.21. The maximum Gasteiger partial charge on any atom is 0.0485 e. The van der Waals surface area contributed by atoms with Crippen molar-refractivity contribution in [2.24, 2.45) is 5.84 Å². The second-order valence-corrected chi connectivity index (χ2v) is 2.27. The molecule has 0 aliphatic carbocycles. The summed E-state index contributed by atoms with van der Waals surface area (Å²) in [4.78, 5) is 0. The van der Waals surface area contributed by atoms with Gasteiger partial charge in [0.15, 0.2) is 0 Å². The van der Waals surface area contributed by atoms with Crippen molar-refractivity contribution in [1.29, 1.82) is 0 Å². The SMILES string of the molecule is CC=Cc1ccc(NN)cc1. The van der Waals surface area contributed by atoms with E-state index in [0.29, 0.717) is 0 Å². The summed E-state index contributed by atoms with van der Waals surface area (Å²) in [5, 5.41) is 0. The Kier molecular flexibility index (Phi) is 2.69. The summed E-state index contributed by atoms with van der Waals surface area (Å²) in [6, 6.07) is 7.90. The van der Waals surface area contributed by atoms with Crippen LogP contribution in [-0.2, 0) is 0 Å². The summed E-state index contributed by atoms with van der Waals surface area (Å²) in [6.07, 6.45) is 4.05. The van der Waals surface area contributed by atoms with Gasteiger partial charge >= 0.3 is 0 Å².